The number of nitrogens with zero attached hydrogens (tertiary/aromatic N) is 2. The van der Waals surface area contributed by atoms with Crippen LogP contribution < -0.4 is 10.6 Å². The van der Waals surface area contributed by atoms with Crippen molar-refractivity contribution in [2.45, 2.75) is 33.6 Å². The molecule has 1 aliphatic heterocycles. The maximum absolute atomic E-state index is 5.97. The third kappa shape index (κ3) is 2.71. The summed E-state index contributed by atoms with van der Waals surface area (Å²) >= 11 is 0. The maximum atomic E-state index is 5.97. The van der Waals surface area contributed by atoms with E-state index in [9.17, 15) is 0 Å². The molecule has 0 aromatic carbocycles. The van der Waals surface area contributed by atoms with Crippen LogP contribution in [0, 0.1) is 11.8 Å². The second kappa shape index (κ2) is 4.94. The molecule has 3 nitrogen and oxygen atoms in total. The molecule has 0 saturated carbocycles. The van der Waals surface area contributed by atoms with Gasteiger partial charge in [-0.2, -0.15) is 0 Å². The second-order valence-electron chi connectivity index (χ2n) is 5.42. The number of pyridine rings is 1. The van der Waals surface area contributed by atoms with Crippen molar-refractivity contribution in [1.29, 1.82) is 0 Å². The summed E-state index contributed by atoms with van der Waals surface area (Å²) in [5.74, 6) is 3.22. The molecule has 2 rings (SSSR count). The first kappa shape index (κ1) is 12.2. The van der Waals surface area contributed by atoms with Gasteiger partial charge in [-0.15, -0.1) is 0 Å². The van der Waals surface area contributed by atoms with Gasteiger partial charge in [0, 0.05) is 13.1 Å². The number of nitrogens with two attached hydrogens (primary N) is 1. The maximum Gasteiger partial charge on any atom is 0.130 e. The van der Waals surface area contributed by atoms with Crippen molar-refractivity contribution in [3.63, 3.8) is 0 Å². The number of rotatable bonds is 2. The van der Waals surface area contributed by atoms with Crippen molar-refractivity contribution in [2.24, 2.45) is 11.8 Å². The van der Waals surface area contributed by atoms with E-state index in [4.69, 9.17) is 5.73 Å². The van der Waals surface area contributed by atoms with Crippen LogP contribution in [-0.4, -0.2) is 18.1 Å². The van der Waals surface area contributed by atoms with E-state index < -0.39 is 0 Å². The molecule has 2 unspecified atom stereocenters. The lowest BCUT2D eigenvalue weighted by Gasteiger charge is -2.36. The first-order valence-electron chi connectivity index (χ1n) is 6.60. The van der Waals surface area contributed by atoms with E-state index >= 15 is 0 Å². The van der Waals surface area contributed by atoms with Gasteiger partial charge in [-0.3, -0.25) is 0 Å². The van der Waals surface area contributed by atoms with Crippen molar-refractivity contribution in [3.05, 3.63) is 17.7 Å². The zero-order valence-electron chi connectivity index (χ0n) is 11.1. The number of nitrogen functional groups attached to an aromatic ring is 1. The van der Waals surface area contributed by atoms with Gasteiger partial charge in [-0.05, 0) is 36.3 Å². The van der Waals surface area contributed by atoms with Crippen molar-refractivity contribution in [1.82, 2.24) is 4.98 Å². The normalized spacial score (nSPS) is 25.0. The van der Waals surface area contributed by atoms with Gasteiger partial charge >= 0.3 is 0 Å². The fraction of sp³-hybridized carbons (Fsp3) is 0.643. The molecule has 3 heteroatoms. The Hall–Kier alpha value is -1.25. The molecule has 17 heavy (non-hydrogen) atoms. The monoisotopic (exact) mass is 233 g/mol. The molecular weight excluding hydrogens is 210 g/mol. The van der Waals surface area contributed by atoms with Crippen LogP contribution in [0.2, 0.25) is 0 Å². The molecule has 0 spiro atoms. The Balaban J connectivity index is 2.19. The van der Waals surface area contributed by atoms with Gasteiger partial charge in [0.05, 0.1) is 0 Å². The molecule has 94 valence electrons. The third-order valence-corrected chi connectivity index (χ3v) is 3.57. The highest BCUT2D eigenvalue weighted by Gasteiger charge is 2.22. The van der Waals surface area contributed by atoms with Crippen LogP contribution in [0.5, 0.6) is 0 Å². The molecular formula is C14H23N3. The predicted octanol–water partition coefficient (Wildman–Crippen LogP) is 2.71. The summed E-state index contributed by atoms with van der Waals surface area (Å²) in [4.78, 5) is 6.91. The third-order valence-electron chi connectivity index (χ3n) is 3.57. The summed E-state index contributed by atoms with van der Waals surface area (Å²) in [6.07, 6.45) is 2.27. The van der Waals surface area contributed by atoms with Crippen LogP contribution in [0.4, 0.5) is 11.6 Å². The van der Waals surface area contributed by atoms with Crippen molar-refractivity contribution >= 4 is 11.6 Å². The van der Waals surface area contributed by atoms with Gasteiger partial charge in [0.25, 0.3) is 0 Å². The van der Waals surface area contributed by atoms with E-state index in [0.717, 1.165) is 42.7 Å². The molecule has 1 aromatic rings. The van der Waals surface area contributed by atoms with Gasteiger partial charge in [0.2, 0.25) is 0 Å². The highest BCUT2D eigenvalue weighted by molar-refractivity contribution is 5.50. The van der Waals surface area contributed by atoms with Crippen molar-refractivity contribution in [2.75, 3.05) is 23.7 Å². The standard InChI is InChI=1S/C14H23N3/c1-4-12-5-6-13(16-14(12)15)17-8-10(2)7-11(3)9-17/h5-6,10-11H,4,7-9H2,1-3H3,(H2,15,16). The lowest BCUT2D eigenvalue weighted by molar-refractivity contribution is 0.355. The quantitative estimate of drug-likeness (QED) is 0.854. The van der Waals surface area contributed by atoms with Gasteiger partial charge in [0.15, 0.2) is 0 Å². The number of aromatic nitrogens is 1. The molecule has 0 bridgehead atoms. The second-order valence-corrected chi connectivity index (χ2v) is 5.42. The molecule has 1 saturated heterocycles. The van der Waals surface area contributed by atoms with E-state index in [1.807, 2.05) is 0 Å². The van der Waals surface area contributed by atoms with Crippen LogP contribution in [0.3, 0.4) is 0 Å². The largest absolute Gasteiger partial charge is 0.383 e. The van der Waals surface area contributed by atoms with E-state index in [2.05, 4.69) is 42.8 Å². The van der Waals surface area contributed by atoms with Gasteiger partial charge in [-0.25, -0.2) is 4.98 Å². The fourth-order valence-electron chi connectivity index (χ4n) is 2.82. The fourth-order valence-corrected chi connectivity index (χ4v) is 2.82. The van der Waals surface area contributed by atoms with Crippen LogP contribution >= 0.6 is 0 Å². The molecule has 2 atom stereocenters. The van der Waals surface area contributed by atoms with E-state index in [1.54, 1.807) is 0 Å². The number of piperidine rings is 1. The molecule has 0 amide bonds. The van der Waals surface area contributed by atoms with Gasteiger partial charge in [0.1, 0.15) is 11.6 Å². The summed E-state index contributed by atoms with van der Waals surface area (Å²) in [7, 11) is 0. The Bertz CT molecular complexity index is 379. The number of aryl methyl sites for hydroxylation is 1. The van der Waals surface area contributed by atoms with Crippen LogP contribution in [-0.2, 0) is 6.42 Å². The minimum absolute atomic E-state index is 0.691. The molecule has 0 aliphatic carbocycles. The Morgan fingerprint density at radius 2 is 1.94 bits per heavy atom. The van der Waals surface area contributed by atoms with Crippen molar-refractivity contribution in [3.8, 4) is 0 Å². The summed E-state index contributed by atoms with van der Waals surface area (Å²) in [6, 6.07) is 4.22. The zero-order valence-corrected chi connectivity index (χ0v) is 11.1. The molecule has 1 fully saturated rings. The van der Waals surface area contributed by atoms with E-state index in [-0.39, 0.29) is 0 Å². The average molecular weight is 233 g/mol. The van der Waals surface area contributed by atoms with Gasteiger partial charge in [-0.1, -0.05) is 26.8 Å². The predicted molar refractivity (Wildman–Crippen MR) is 73.2 cm³/mol. The molecule has 2 heterocycles. The van der Waals surface area contributed by atoms with Crippen LogP contribution in [0.15, 0.2) is 12.1 Å². The molecule has 1 aromatic heterocycles. The highest BCUT2D eigenvalue weighted by atomic mass is 15.2. The summed E-state index contributed by atoms with van der Waals surface area (Å²) < 4.78 is 0. The Morgan fingerprint density at radius 3 is 2.47 bits per heavy atom. The first-order chi connectivity index (χ1) is 8.10. The highest BCUT2D eigenvalue weighted by Crippen LogP contribution is 2.26. The molecule has 1 aliphatic rings. The van der Waals surface area contributed by atoms with Gasteiger partial charge < -0.3 is 10.6 Å². The molecule has 2 N–H and O–H groups in total. The average Bonchev–Trinajstić information content (AvgIpc) is 2.27. The zero-order chi connectivity index (χ0) is 12.4. The summed E-state index contributed by atoms with van der Waals surface area (Å²) in [6.45, 7) is 8.93. The number of anilines is 2. The van der Waals surface area contributed by atoms with Crippen LogP contribution in [0.25, 0.3) is 0 Å². The Labute approximate surface area is 104 Å². The smallest absolute Gasteiger partial charge is 0.130 e. The lowest BCUT2D eigenvalue weighted by Crippen LogP contribution is -2.39. The Morgan fingerprint density at radius 1 is 1.29 bits per heavy atom. The van der Waals surface area contributed by atoms with E-state index in [1.165, 1.54) is 6.42 Å². The summed E-state index contributed by atoms with van der Waals surface area (Å²) in [5.41, 5.74) is 7.12. The minimum Gasteiger partial charge on any atom is -0.383 e. The SMILES string of the molecule is CCc1ccc(N2CC(C)CC(C)C2)nc1N. The van der Waals surface area contributed by atoms with Crippen LogP contribution in [0.1, 0.15) is 32.8 Å². The van der Waals surface area contributed by atoms with E-state index in [0.29, 0.717) is 5.82 Å². The topological polar surface area (TPSA) is 42.2 Å². The number of hydrogen-bond donors (Lipinski definition) is 1. The summed E-state index contributed by atoms with van der Waals surface area (Å²) in [5, 5.41) is 0. The van der Waals surface area contributed by atoms with Crippen molar-refractivity contribution < 1.29 is 0 Å². The Kier molecular flexibility index (Phi) is 3.55. The number of hydrogen-bond acceptors (Lipinski definition) is 3. The minimum atomic E-state index is 0.691. The first-order valence-corrected chi connectivity index (χ1v) is 6.60. The lowest BCUT2D eigenvalue weighted by atomic mass is 9.92. The molecule has 0 radical (unpaired) electrons.